The lowest BCUT2D eigenvalue weighted by Gasteiger charge is -2.26. The minimum absolute atomic E-state index is 0.0330. The van der Waals surface area contributed by atoms with Gasteiger partial charge in [0.15, 0.2) is 0 Å². The third-order valence-corrected chi connectivity index (χ3v) is 6.07. The number of hydrogen-bond acceptors (Lipinski definition) is 4. The predicted molar refractivity (Wildman–Crippen MR) is 96.4 cm³/mol. The SMILES string of the molecule is CC(C)C(NC[C@H]1CCCN1S(C)(=O)=O)c1cc2ccccc2o1. The Kier molecular flexibility index (Phi) is 4.99. The van der Waals surface area contributed by atoms with Crippen molar-refractivity contribution in [1.82, 2.24) is 9.62 Å². The van der Waals surface area contributed by atoms with Gasteiger partial charge in [0.1, 0.15) is 11.3 Å². The highest BCUT2D eigenvalue weighted by Crippen LogP contribution is 2.29. The van der Waals surface area contributed by atoms with Crippen molar-refractivity contribution in [2.45, 2.75) is 38.8 Å². The van der Waals surface area contributed by atoms with Gasteiger partial charge in [-0.15, -0.1) is 0 Å². The molecule has 132 valence electrons. The molecule has 0 spiro atoms. The third-order valence-electron chi connectivity index (χ3n) is 4.74. The Hall–Kier alpha value is -1.37. The van der Waals surface area contributed by atoms with E-state index in [-0.39, 0.29) is 12.1 Å². The van der Waals surface area contributed by atoms with Crippen LogP contribution in [-0.4, -0.2) is 38.1 Å². The van der Waals surface area contributed by atoms with Crippen LogP contribution in [0.4, 0.5) is 0 Å². The highest BCUT2D eigenvalue weighted by molar-refractivity contribution is 7.88. The molecule has 2 atom stereocenters. The van der Waals surface area contributed by atoms with Crippen molar-refractivity contribution in [3.63, 3.8) is 0 Å². The van der Waals surface area contributed by atoms with Crippen LogP contribution in [-0.2, 0) is 10.0 Å². The zero-order valence-electron chi connectivity index (χ0n) is 14.5. The maximum Gasteiger partial charge on any atom is 0.211 e. The van der Waals surface area contributed by atoms with Gasteiger partial charge in [0, 0.05) is 24.5 Å². The molecule has 0 amide bonds. The molecule has 0 radical (unpaired) electrons. The summed E-state index contributed by atoms with van der Waals surface area (Å²) in [6.45, 7) is 5.57. The van der Waals surface area contributed by atoms with Gasteiger partial charge >= 0.3 is 0 Å². The molecule has 0 bridgehead atoms. The third kappa shape index (κ3) is 3.66. The first-order valence-electron chi connectivity index (χ1n) is 8.55. The van der Waals surface area contributed by atoms with Crippen LogP contribution in [0.15, 0.2) is 34.7 Å². The van der Waals surface area contributed by atoms with Crippen LogP contribution in [0.2, 0.25) is 0 Å². The summed E-state index contributed by atoms with van der Waals surface area (Å²) in [6, 6.07) is 10.2. The molecule has 1 aliphatic heterocycles. The minimum atomic E-state index is -3.14. The van der Waals surface area contributed by atoms with Crippen LogP contribution in [0.1, 0.15) is 38.5 Å². The number of sulfonamides is 1. The molecule has 1 unspecified atom stereocenters. The molecule has 1 aromatic heterocycles. The van der Waals surface area contributed by atoms with Gasteiger partial charge in [-0.25, -0.2) is 8.42 Å². The summed E-state index contributed by atoms with van der Waals surface area (Å²) in [7, 11) is -3.14. The molecular formula is C18H26N2O3S. The van der Waals surface area contributed by atoms with E-state index in [0.29, 0.717) is 19.0 Å². The van der Waals surface area contributed by atoms with Gasteiger partial charge in [0.2, 0.25) is 10.0 Å². The molecule has 6 heteroatoms. The van der Waals surface area contributed by atoms with E-state index in [0.717, 1.165) is 29.6 Å². The van der Waals surface area contributed by atoms with E-state index in [2.05, 4.69) is 25.2 Å². The summed E-state index contributed by atoms with van der Waals surface area (Å²) < 4.78 is 31.4. The van der Waals surface area contributed by atoms with Crippen molar-refractivity contribution in [3.8, 4) is 0 Å². The van der Waals surface area contributed by atoms with E-state index >= 15 is 0 Å². The summed E-state index contributed by atoms with van der Waals surface area (Å²) in [4.78, 5) is 0. The van der Waals surface area contributed by atoms with Crippen LogP contribution in [0, 0.1) is 5.92 Å². The number of hydrogen-bond donors (Lipinski definition) is 1. The summed E-state index contributed by atoms with van der Waals surface area (Å²) in [5.74, 6) is 1.26. The average molecular weight is 350 g/mol. The summed E-state index contributed by atoms with van der Waals surface area (Å²) in [5.41, 5.74) is 0.888. The fourth-order valence-corrected chi connectivity index (χ4v) is 4.72. The highest BCUT2D eigenvalue weighted by Gasteiger charge is 2.32. The number of fused-ring (bicyclic) bond motifs is 1. The molecule has 1 saturated heterocycles. The smallest absolute Gasteiger partial charge is 0.211 e. The second-order valence-electron chi connectivity index (χ2n) is 6.99. The van der Waals surface area contributed by atoms with Gasteiger partial charge in [-0.05, 0) is 30.9 Å². The quantitative estimate of drug-likeness (QED) is 0.869. The van der Waals surface area contributed by atoms with Crippen molar-refractivity contribution in [1.29, 1.82) is 0 Å². The molecule has 5 nitrogen and oxygen atoms in total. The van der Waals surface area contributed by atoms with Gasteiger partial charge in [-0.3, -0.25) is 0 Å². The lowest BCUT2D eigenvalue weighted by Crippen LogP contribution is -2.42. The number of furan rings is 1. The van der Waals surface area contributed by atoms with Gasteiger partial charge < -0.3 is 9.73 Å². The molecule has 0 aliphatic carbocycles. The van der Waals surface area contributed by atoms with E-state index in [1.807, 2.05) is 24.3 Å². The van der Waals surface area contributed by atoms with Crippen molar-refractivity contribution in [2.24, 2.45) is 5.92 Å². The molecule has 1 fully saturated rings. The Morgan fingerprint density at radius 2 is 2.08 bits per heavy atom. The number of rotatable bonds is 6. The van der Waals surface area contributed by atoms with Crippen LogP contribution < -0.4 is 5.32 Å². The maximum absolute atomic E-state index is 11.9. The van der Waals surface area contributed by atoms with Gasteiger partial charge in [-0.2, -0.15) is 4.31 Å². The Balaban J connectivity index is 1.75. The normalized spacial score (nSPS) is 20.9. The lowest BCUT2D eigenvalue weighted by molar-refractivity contribution is 0.308. The molecule has 1 aliphatic rings. The fraction of sp³-hybridized carbons (Fsp3) is 0.556. The van der Waals surface area contributed by atoms with Gasteiger partial charge in [-0.1, -0.05) is 32.0 Å². The van der Waals surface area contributed by atoms with Gasteiger partial charge in [0.25, 0.3) is 0 Å². The Labute approximate surface area is 144 Å². The van der Waals surface area contributed by atoms with Crippen LogP contribution in [0.25, 0.3) is 11.0 Å². The fourth-order valence-electron chi connectivity index (χ4n) is 3.53. The molecule has 0 saturated carbocycles. The standard InChI is InChI=1S/C18H26N2O3S/c1-13(2)18(17-11-14-7-4-5-9-16(14)23-17)19-12-15-8-6-10-20(15)24(3,21)22/h4-5,7,9,11,13,15,18-19H,6,8,10,12H2,1-3H3/t15-,18?/m1/s1. The number of nitrogens with zero attached hydrogens (tertiary/aromatic N) is 1. The van der Waals surface area contributed by atoms with E-state index in [4.69, 9.17) is 4.42 Å². The lowest BCUT2D eigenvalue weighted by atomic mass is 10.0. The molecule has 2 aromatic rings. The number of nitrogens with one attached hydrogen (secondary N) is 1. The van der Waals surface area contributed by atoms with Crippen molar-refractivity contribution in [3.05, 3.63) is 36.1 Å². The van der Waals surface area contributed by atoms with E-state index in [1.54, 1.807) is 4.31 Å². The summed E-state index contributed by atoms with van der Waals surface area (Å²) >= 11 is 0. The zero-order chi connectivity index (χ0) is 17.3. The first-order valence-corrected chi connectivity index (χ1v) is 10.4. The molecule has 24 heavy (non-hydrogen) atoms. The largest absolute Gasteiger partial charge is 0.459 e. The molecule has 1 N–H and O–H groups in total. The van der Waals surface area contributed by atoms with Crippen molar-refractivity contribution in [2.75, 3.05) is 19.3 Å². The Morgan fingerprint density at radius 1 is 1.33 bits per heavy atom. The molecule has 2 heterocycles. The zero-order valence-corrected chi connectivity index (χ0v) is 15.3. The van der Waals surface area contributed by atoms with Gasteiger partial charge in [0.05, 0.1) is 12.3 Å². The Morgan fingerprint density at radius 3 is 2.75 bits per heavy atom. The first kappa shape index (κ1) is 17.5. The minimum Gasteiger partial charge on any atom is -0.459 e. The average Bonchev–Trinajstić information content (AvgIpc) is 3.12. The summed E-state index contributed by atoms with van der Waals surface area (Å²) in [5, 5.41) is 4.64. The number of para-hydroxylation sites is 1. The topological polar surface area (TPSA) is 62.6 Å². The highest BCUT2D eigenvalue weighted by atomic mass is 32.2. The second kappa shape index (κ2) is 6.86. The van der Waals surface area contributed by atoms with E-state index < -0.39 is 10.0 Å². The van der Waals surface area contributed by atoms with Crippen LogP contribution in [0.3, 0.4) is 0 Å². The Bertz CT molecular complexity index is 764. The first-order chi connectivity index (χ1) is 11.4. The van der Waals surface area contributed by atoms with Crippen LogP contribution >= 0.6 is 0 Å². The maximum atomic E-state index is 11.9. The summed E-state index contributed by atoms with van der Waals surface area (Å²) in [6.07, 6.45) is 3.13. The number of benzene rings is 1. The predicted octanol–water partition coefficient (Wildman–Crippen LogP) is 3.14. The second-order valence-corrected chi connectivity index (χ2v) is 8.92. The molecule has 1 aromatic carbocycles. The van der Waals surface area contributed by atoms with Crippen LogP contribution in [0.5, 0.6) is 0 Å². The van der Waals surface area contributed by atoms with E-state index in [9.17, 15) is 8.42 Å². The van der Waals surface area contributed by atoms with E-state index in [1.165, 1.54) is 6.26 Å². The van der Waals surface area contributed by atoms with Crippen molar-refractivity contribution < 1.29 is 12.8 Å². The van der Waals surface area contributed by atoms with Crippen molar-refractivity contribution >= 4 is 21.0 Å². The monoisotopic (exact) mass is 350 g/mol. The molecular weight excluding hydrogens is 324 g/mol. The molecule has 3 rings (SSSR count).